The minimum absolute atomic E-state index is 0.172. The first-order valence-electron chi connectivity index (χ1n) is 40.6. The Balaban J connectivity index is 4.09. The summed E-state index contributed by atoms with van der Waals surface area (Å²) in [5.41, 5.74) is 0. The number of carboxylic acids is 1. The molecule has 0 aromatic heterocycles. The average Bonchev–Trinajstić information content (AvgIpc) is 1.57. The van der Waals surface area contributed by atoms with Crippen LogP contribution in [0.3, 0.4) is 0 Å². The summed E-state index contributed by atoms with van der Waals surface area (Å²) in [6.45, 7) is 4.71. The van der Waals surface area contributed by atoms with Crippen molar-refractivity contribution in [2.45, 2.75) is 347 Å². The molecular weight excluding hydrogens is 1220 g/mol. The second-order valence-electron chi connectivity index (χ2n) is 28.0. The summed E-state index contributed by atoms with van der Waals surface area (Å²) in [6.07, 6.45) is 114. The molecule has 0 amide bonds. The Hall–Kier alpha value is -5.09. The van der Waals surface area contributed by atoms with Crippen LogP contribution in [0.2, 0.25) is 0 Å². The van der Waals surface area contributed by atoms with Gasteiger partial charge in [-0.2, -0.15) is 0 Å². The van der Waals surface area contributed by atoms with Crippen LogP contribution in [0.5, 0.6) is 0 Å². The van der Waals surface area contributed by atoms with Gasteiger partial charge in [0.25, 0.3) is 6.29 Å². The molecule has 0 bridgehead atoms. The van der Waals surface area contributed by atoms with E-state index in [0.717, 1.165) is 109 Å². The minimum atomic E-state index is -1.53. The van der Waals surface area contributed by atoms with E-state index in [4.69, 9.17) is 18.9 Å². The van der Waals surface area contributed by atoms with Gasteiger partial charge in [0, 0.05) is 12.8 Å². The van der Waals surface area contributed by atoms with Crippen molar-refractivity contribution in [1.82, 2.24) is 0 Å². The number of rotatable bonds is 74. The molecule has 0 aliphatic carbocycles. The fraction of sp³-hybridized carbons (Fsp3) is 0.678. The fourth-order valence-corrected chi connectivity index (χ4v) is 11.1. The van der Waals surface area contributed by atoms with Gasteiger partial charge >= 0.3 is 17.9 Å². The SMILES string of the molecule is CC/C=C\C/C=C\C/C=C\C/C=C\C/C=C\C/C=C\C/C=C\C/C=C\C/C=C\C/C=C\CCCCC(=O)OC(COC(=O)CCCCCCCCCCCCCCCCCCCCCCCCCCCC/C=C\C/C=C\C/C=C\CCCCCCC)COC(OCC[N+](C)(C)C)C(=O)O. The predicted molar refractivity (Wildman–Crippen MR) is 428 cm³/mol. The van der Waals surface area contributed by atoms with E-state index >= 15 is 0 Å². The van der Waals surface area contributed by atoms with E-state index in [0.29, 0.717) is 17.4 Å². The molecule has 2 unspecified atom stereocenters. The molecule has 0 saturated carbocycles. The minimum Gasteiger partial charge on any atom is -0.477 e. The number of carboxylic acid groups (broad SMARTS) is 1. The highest BCUT2D eigenvalue weighted by Crippen LogP contribution is 2.18. The largest absolute Gasteiger partial charge is 0.477 e. The van der Waals surface area contributed by atoms with Crippen molar-refractivity contribution in [2.75, 3.05) is 47.5 Å². The topological polar surface area (TPSA) is 108 Å². The summed E-state index contributed by atoms with van der Waals surface area (Å²) < 4.78 is 23.0. The molecule has 0 rings (SSSR count). The smallest absolute Gasteiger partial charge is 0.361 e. The quantitative estimate of drug-likeness (QED) is 0.0211. The van der Waals surface area contributed by atoms with Crippen molar-refractivity contribution in [3.8, 4) is 0 Å². The van der Waals surface area contributed by atoms with Crippen molar-refractivity contribution in [2.24, 2.45) is 0 Å². The first-order valence-corrected chi connectivity index (χ1v) is 40.6. The Morgan fingerprint density at radius 1 is 0.313 bits per heavy atom. The average molecular weight is 1380 g/mol. The maximum absolute atomic E-state index is 13.0. The highest BCUT2D eigenvalue weighted by atomic mass is 16.7. The zero-order valence-electron chi connectivity index (χ0n) is 64.6. The van der Waals surface area contributed by atoms with Gasteiger partial charge in [-0.25, -0.2) is 4.79 Å². The lowest BCUT2D eigenvalue weighted by molar-refractivity contribution is -0.870. The third-order valence-corrected chi connectivity index (χ3v) is 17.3. The van der Waals surface area contributed by atoms with Gasteiger partial charge in [0.05, 0.1) is 34.4 Å². The lowest BCUT2D eigenvalue weighted by Gasteiger charge is -2.25. The highest BCUT2D eigenvalue weighted by molar-refractivity contribution is 5.71. The molecular formula is C90H152NO8+. The van der Waals surface area contributed by atoms with Crippen LogP contribution < -0.4 is 0 Å². The van der Waals surface area contributed by atoms with Crippen LogP contribution >= 0.6 is 0 Å². The number of aliphatic carboxylic acids is 1. The van der Waals surface area contributed by atoms with E-state index in [9.17, 15) is 19.5 Å². The van der Waals surface area contributed by atoms with E-state index in [-0.39, 0.29) is 38.6 Å². The van der Waals surface area contributed by atoms with Crippen molar-refractivity contribution >= 4 is 17.9 Å². The summed E-state index contributed by atoms with van der Waals surface area (Å²) >= 11 is 0. The van der Waals surface area contributed by atoms with Gasteiger partial charge in [-0.1, -0.05) is 352 Å². The van der Waals surface area contributed by atoms with Gasteiger partial charge in [-0.3, -0.25) is 9.59 Å². The molecule has 0 aliphatic heterocycles. The first-order chi connectivity index (χ1) is 48.6. The number of hydrogen-bond acceptors (Lipinski definition) is 7. The Kier molecular flexibility index (Phi) is 74.6. The molecule has 99 heavy (non-hydrogen) atoms. The van der Waals surface area contributed by atoms with Crippen LogP contribution in [0.1, 0.15) is 335 Å². The summed E-state index contributed by atoms with van der Waals surface area (Å²) in [4.78, 5) is 37.7. The lowest BCUT2D eigenvalue weighted by Crippen LogP contribution is -2.40. The van der Waals surface area contributed by atoms with Crippen LogP contribution in [0, 0.1) is 0 Å². The van der Waals surface area contributed by atoms with Gasteiger partial charge in [0.1, 0.15) is 13.2 Å². The number of ether oxygens (including phenoxy) is 4. The third-order valence-electron chi connectivity index (χ3n) is 17.3. The first kappa shape index (κ1) is 93.9. The van der Waals surface area contributed by atoms with E-state index in [1.807, 2.05) is 21.1 Å². The molecule has 0 fully saturated rings. The maximum Gasteiger partial charge on any atom is 0.361 e. The van der Waals surface area contributed by atoms with Crippen molar-refractivity contribution < 1.29 is 42.9 Å². The molecule has 2 atom stereocenters. The van der Waals surface area contributed by atoms with Crippen LogP contribution in [0.4, 0.5) is 0 Å². The zero-order chi connectivity index (χ0) is 71.8. The molecule has 0 aromatic rings. The predicted octanol–water partition coefficient (Wildman–Crippen LogP) is 26.4. The van der Waals surface area contributed by atoms with E-state index in [1.165, 1.54) is 193 Å². The number of carbonyl (C=O) groups excluding carboxylic acids is 2. The molecule has 1 N–H and O–H groups in total. The normalized spacial score (nSPS) is 13.5. The lowest BCUT2D eigenvalue weighted by atomic mass is 10.0. The standard InChI is InChI=1S/C90H151NO8/c1-6-8-10-12-14-16-18-20-22-24-26-28-30-32-34-36-38-40-41-42-43-44-45-46-47-49-50-52-54-56-58-60-62-64-66-68-70-72-74-76-78-80-87(92)97-84-86(85-98-90(89(94)95)96-83-82-91(3,4)5)99-88(93)81-79-77-75-73-71-69-67-65-63-61-59-57-55-53-51-48-39-37-35-33-31-29-27-25-23-21-19-17-15-13-11-9-7-2/h9,11,15,17-18,20-21,23-24,26-27,29-30,32-33,35,39,48,53,55,59,61,65,67,71,73,86,90H,6-8,10,12-14,16,19,22,25,28,31,34,36-38,40-47,49-52,54,56-58,60,62-64,66,68-70,72,74-85H2,1-5H3/p+1/b11-9-,17-15-,20-18-,23-21-,26-24-,29-27-,32-30-,35-33-,48-39-,55-53-,61-59-,67-65-,73-71-. The van der Waals surface area contributed by atoms with Crippen LogP contribution in [0.15, 0.2) is 158 Å². The number of quaternary nitrogens is 1. The molecule has 9 heteroatoms. The number of unbranched alkanes of at least 4 members (excludes halogenated alkanes) is 33. The molecule has 564 valence electrons. The monoisotopic (exact) mass is 1380 g/mol. The van der Waals surface area contributed by atoms with Crippen molar-refractivity contribution in [1.29, 1.82) is 0 Å². The highest BCUT2D eigenvalue weighted by Gasteiger charge is 2.25. The van der Waals surface area contributed by atoms with Gasteiger partial charge in [0.2, 0.25) is 0 Å². The molecule has 0 radical (unpaired) electrons. The summed E-state index contributed by atoms with van der Waals surface area (Å²) in [5, 5.41) is 9.77. The van der Waals surface area contributed by atoms with Crippen molar-refractivity contribution in [3.63, 3.8) is 0 Å². The second-order valence-corrected chi connectivity index (χ2v) is 28.0. The van der Waals surface area contributed by atoms with E-state index in [2.05, 4.69) is 172 Å². The molecule has 0 heterocycles. The molecule has 0 spiro atoms. The van der Waals surface area contributed by atoms with Crippen molar-refractivity contribution in [3.05, 3.63) is 158 Å². The Morgan fingerprint density at radius 3 is 0.879 bits per heavy atom. The summed E-state index contributed by atoms with van der Waals surface area (Å²) in [7, 11) is 5.96. The van der Waals surface area contributed by atoms with Crippen LogP contribution in [-0.4, -0.2) is 87.4 Å². The summed E-state index contributed by atoms with van der Waals surface area (Å²) in [6, 6.07) is 0. The Labute approximate surface area is 610 Å². The summed E-state index contributed by atoms with van der Waals surface area (Å²) in [5.74, 6) is -2.07. The van der Waals surface area contributed by atoms with Gasteiger partial charge < -0.3 is 28.5 Å². The van der Waals surface area contributed by atoms with Gasteiger partial charge in [0.15, 0.2) is 6.10 Å². The van der Waals surface area contributed by atoms with Gasteiger partial charge in [-0.15, -0.1) is 0 Å². The molecule has 0 saturated heterocycles. The molecule has 9 nitrogen and oxygen atoms in total. The number of nitrogens with zero attached hydrogens (tertiary/aromatic N) is 1. The maximum atomic E-state index is 13.0. The van der Waals surface area contributed by atoms with Gasteiger partial charge in [-0.05, 0) is 128 Å². The molecule has 0 aromatic carbocycles. The number of carbonyl (C=O) groups is 3. The zero-order valence-corrected chi connectivity index (χ0v) is 64.6. The number of allylic oxidation sites excluding steroid dienone is 26. The Morgan fingerprint density at radius 2 is 0.576 bits per heavy atom. The molecule has 0 aliphatic rings. The van der Waals surface area contributed by atoms with E-state index < -0.39 is 24.3 Å². The van der Waals surface area contributed by atoms with Crippen LogP contribution in [-0.2, 0) is 33.3 Å². The number of esters is 2. The fourth-order valence-electron chi connectivity index (χ4n) is 11.1. The second kappa shape index (κ2) is 78.6. The third kappa shape index (κ3) is 80.1. The Bertz CT molecular complexity index is 2200. The number of hydrogen-bond donors (Lipinski definition) is 1. The number of likely N-dealkylation sites (N-methyl/N-ethyl adjacent to an activating group) is 1. The van der Waals surface area contributed by atoms with Crippen LogP contribution in [0.25, 0.3) is 0 Å². The van der Waals surface area contributed by atoms with E-state index in [1.54, 1.807) is 0 Å².